The van der Waals surface area contributed by atoms with E-state index in [9.17, 15) is 0 Å². The Labute approximate surface area is 140 Å². The lowest BCUT2D eigenvalue weighted by molar-refractivity contribution is 0.531. The fraction of sp³-hybridized carbons (Fsp3) is 0. The zero-order chi connectivity index (χ0) is 15.8. The zero-order valence-electron chi connectivity index (χ0n) is 11.1. The van der Waals surface area contributed by atoms with Crippen LogP contribution in [0.2, 0.25) is 0 Å². The van der Waals surface area contributed by atoms with Crippen molar-refractivity contribution >= 4 is 40.0 Å². The van der Waals surface area contributed by atoms with Gasteiger partial charge in [0.1, 0.15) is 5.75 Å². The van der Waals surface area contributed by atoms with E-state index in [0.29, 0.717) is 17.1 Å². The van der Waals surface area contributed by atoms with Crippen LogP contribution in [-0.2, 0) is 0 Å². The van der Waals surface area contributed by atoms with Gasteiger partial charge in [-0.2, -0.15) is 10.3 Å². The van der Waals surface area contributed by atoms with Crippen molar-refractivity contribution in [2.45, 2.75) is 0 Å². The number of nitrogens with zero attached hydrogens (tertiary/aromatic N) is 5. The molecule has 0 radical (unpaired) electrons. The molecule has 0 heterocycles. The maximum Gasteiger partial charge on any atom is 0.309 e. The van der Waals surface area contributed by atoms with Gasteiger partial charge in [-0.25, -0.2) is 5.32 Å². The van der Waals surface area contributed by atoms with E-state index < -0.39 is 0 Å². The number of ether oxygens (including phenoxy) is 1. The van der Waals surface area contributed by atoms with E-state index in [4.69, 9.17) is 15.5 Å². The standard InChI is InChI=1S/C14H9IN6O/c15-10-6-11(8-12(7-10)20-21-17)19-14(18-9-16)22-13-4-2-1-3-5-13/h1-8H,(H,18,19). The minimum Gasteiger partial charge on any atom is -0.425 e. The van der Waals surface area contributed by atoms with E-state index in [1.807, 2.05) is 18.2 Å². The Bertz CT molecular complexity index is 778. The van der Waals surface area contributed by atoms with Gasteiger partial charge in [0.2, 0.25) is 0 Å². The fourth-order valence-electron chi connectivity index (χ4n) is 1.57. The monoisotopic (exact) mass is 404 g/mol. The Morgan fingerprint density at radius 2 is 1.95 bits per heavy atom. The van der Waals surface area contributed by atoms with Crippen molar-refractivity contribution in [1.82, 2.24) is 5.32 Å². The first-order valence-electron chi connectivity index (χ1n) is 6.03. The predicted molar refractivity (Wildman–Crippen MR) is 90.9 cm³/mol. The molecule has 22 heavy (non-hydrogen) atoms. The highest BCUT2D eigenvalue weighted by Gasteiger charge is 2.04. The number of hydrogen-bond donors (Lipinski definition) is 1. The van der Waals surface area contributed by atoms with Crippen LogP contribution in [0, 0.1) is 15.0 Å². The number of para-hydroxylation sites is 1. The van der Waals surface area contributed by atoms with E-state index >= 15 is 0 Å². The average molecular weight is 404 g/mol. The van der Waals surface area contributed by atoms with Crippen LogP contribution in [0.5, 0.6) is 5.75 Å². The highest BCUT2D eigenvalue weighted by Crippen LogP contribution is 2.25. The van der Waals surface area contributed by atoms with E-state index in [-0.39, 0.29) is 6.02 Å². The zero-order valence-corrected chi connectivity index (χ0v) is 13.3. The summed E-state index contributed by atoms with van der Waals surface area (Å²) in [5.74, 6) is 0.546. The summed E-state index contributed by atoms with van der Waals surface area (Å²) in [5.41, 5.74) is 9.44. The van der Waals surface area contributed by atoms with Crippen LogP contribution in [0.25, 0.3) is 10.4 Å². The molecule has 0 bridgehead atoms. The van der Waals surface area contributed by atoms with Crippen LogP contribution in [0.3, 0.4) is 0 Å². The molecule has 0 aliphatic heterocycles. The number of hydrogen-bond acceptors (Lipinski definition) is 4. The number of rotatable bonds is 3. The summed E-state index contributed by atoms with van der Waals surface area (Å²) in [5, 5.41) is 14.7. The summed E-state index contributed by atoms with van der Waals surface area (Å²) in [7, 11) is 0. The van der Waals surface area contributed by atoms with Gasteiger partial charge in [0.15, 0.2) is 6.19 Å². The number of aliphatic imine (C=N–C) groups is 1. The molecule has 0 fully saturated rings. The van der Waals surface area contributed by atoms with Crippen molar-refractivity contribution in [2.75, 3.05) is 0 Å². The molecule has 0 aliphatic carbocycles. The SMILES string of the molecule is N#CNC(=Nc1cc(I)cc(N=[N+]=[N-])c1)Oc1ccccc1. The van der Waals surface area contributed by atoms with Crippen LogP contribution >= 0.6 is 22.6 Å². The Hall–Kier alpha value is -2.76. The summed E-state index contributed by atoms with van der Waals surface area (Å²) >= 11 is 2.08. The maximum absolute atomic E-state index is 8.80. The third-order valence-electron chi connectivity index (χ3n) is 2.38. The first-order chi connectivity index (χ1) is 10.7. The molecule has 0 unspecified atom stereocenters. The molecular weight excluding hydrogens is 395 g/mol. The van der Waals surface area contributed by atoms with Crippen molar-refractivity contribution in [1.29, 1.82) is 5.26 Å². The molecule has 1 N–H and O–H groups in total. The van der Waals surface area contributed by atoms with Crippen LogP contribution in [0.15, 0.2) is 58.6 Å². The third-order valence-corrected chi connectivity index (χ3v) is 3.00. The molecule has 0 spiro atoms. The van der Waals surface area contributed by atoms with Gasteiger partial charge in [0.25, 0.3) is 0 Å². The molecule has 0 atom stereocenters. The van der Waals surface area contributed by atoms with Crippen LogP contribution in [0.1, 0.15) is 0 Å². The van der Waals surface area contributed by atoms with E-state index in [1.54, 1.807) is 36.5 Å². The van der Waals surface area contributed by atoms with Crippen molar-refractivity contribution in [3.8, 4) is 11.9 Å². The van der Waals surface area contributed by atoms with E-state index in [1.165, 1.54) is 0 Å². The topological polar surface area (TPSA) is 106 Å². The quantitative estimate of drug-likeness (QED) is 0.120. The molecule has 7 nitrogen and oxygen atoms in total. The molecule has 0 saturated heterocycles. The second-order valence-electron chi connectivity index (χ2n) is 3.93. The summed E-state index contributed by atoms with van der Waals surface area (Å²) in [4.78, 5) is 6.97. The number of benzene rings is 2. The van der Waals surface area contributed by atoms with Gasteiger partial charge in [-0.1, -0.05) is 23.3 Å². The van der Waals surface area contributed by atoms with Gasteiger partial charge in [0, 0.05) is 14.2 Å². The minimum atomic E-state index is 0.0302. The van der Waals surface area contributed by atoms with E-state index in [2.05, 4.69) is 42.9 Å². The molecular formula is C14H9IN6O. The molecule has 8 heteroatoms. The smallest absolute Gasteiger partial charge is 0.309 e. The van der Waals surface area contributed by atoms with Crippen LogP contribution < -0.4 is 10.1 Å². The molecule has 2 aromatic rings. The summed E-state index contributed by atoms with van der Waals surface area (Å²) in [6, 6.07) is 14.1. The molecule has 0 aromatic heterocycles. The summed E-state index contributed by atoms with van der Waals surface area (Å²) < 4.78 is 6.35. The van der Waals surface area contributed by atoms with Crippen LogP contribution in [0.4, 0.5) is 11.4 Å². The highest BCUT2D eigenvalue weighted by atomic mass is 127. The highest BCUT2D eigenvalue weighted by molar-refractivity contribution is 14.1. The minimum absolute atomic E-state index is 0.0302. The lowest BCUT2D eigenvalue weighted by atomic mass is 10.3. The van der Waals surface area contributed by atoms with Crippen LogP contribution in [-0.4, -0.2) is 6.02 Å². The van der Waals surface area contributed by atoms with Gasteiger partial charge in [-0.3, -0.25) is 0 Å². The molecule has 0 aliphatic rings. The number of azide groups is 1. The molecule has 0 amide bonds. The molecule has 2 rings (SSSR count). The number of amidine groups is 1. The van der Waals surface area contributed by atoms with Gasteiger partial charge in [0.05, 0.1) is 5.69 Å². The maximum atomic E-state index is 8.80. The van der Waals surface area contributed by atoms with Gasteiger partial charge in [-0.05, 0) is 58.5 Å². The first-order valence-corrected chi connectivity index (χ1v) is 7.11. The lowest BCUT2D eigenvalue weighted by Crippen LogP contribution is -2.23. The largest absolute Gasteiger partial charge is 0.425 e. The Morgan fingerprint density at radius 1 is 1.23 bits per heavy atom. The Balaban J connectivity index is 2.33. The first kappa shape index (κ1) is 15.6. The summed E-state index contributed by atoms with van der Waals surface area (Å²) in [6.07, 6.45) is 1.77. The summed E-state index contributed by atoms with van der Waals surface area (Å²) in [6.45, 7) is 0. The molecule has 2 aromatic carbocycles. The number of nitrogens with one attached hydrogen (secondary N) is 1. The Kier molecular flexibility index (Phi) is 5.59. The molecule has 108 valence electrons. The van der Waals surface area contributed by atoms with Gasteiger partial charge in [-0.15, -0.1) is 0 Å². The third kappa shape index (κ3) is 4.66. The number of nitriles is 1. The normalized spacial score (nSPS) is 10.3. The fourth-order valence-corrected chi connectivity index (χ4v) is 2.21. The van der Waals surface area contributed by atoms with Crippen molar-refractivity contribution in [3.05, 3.63) is 62.5 Å². The second-order valence-corrected chi connectivity index (χ2v) is 5.17. The van der Waals surface area contributed by atoms with Gasteiger partial charge >= 0.3 is 6.02 Å². The van der Waals surface area contributed by atoms with E-state index in [0.717, 1.165) is 3.57 Å². The van der Waals surface area contributed by atoms with Crippen molar-refractivity contribution in [2.24, 2.45) is 10.1 Å². The lowest BCUT2D eigenvalue weighted by Gasteiger charge is -2.07. The van der Waals surface area contributed by atoms with Gasteiger partial charge < -0.3 is 4.74 Å². The van der Waals surface area contributed by atoms with Crippen molar-refractivity contribution < 1.29 is 4.74 Å². The average Bonchev–Trinajstić information content (AvgIpc) is 2.48. The predicted octanol–water partition coefficient (Wildman–Crippen LogP) is 4.37. The van der Waals surface area contributed by atoms with Crippen molar-refractivity contribution in [3.63, 3.8) is 0 Å². The Morgan fingerprint density at radius 3 is 2.64 bits per heavy atom. The second kappa shape index (κ2) is 7.87. The number of halogens is 1. The molecule has 0 saturated carbocycles.